The lowest BCUT2D eigenvalue weighted by molar-refractivity contribution is 0.611. The summed E-state index contributed by atoms with van der Waals surface area (Å²) in [7, 11) is 0. The molecule has 3 heteroatoms. The molecule has 1 heterocycles. The molecule has 1 aromatic carbocycles. The summed E-state index contributed by atoms with van der Waals surface area (Å²) in [5.41, 5.74) is 4.40. The molecule has 0 aliphatic heterocycles. The van der Waals surface area contributed by atoms with Crippen LogP contribution >= 0.6 is 0 Å². The Bertz CT molecular complexity index is 505. The zero-order valence-electron chi connectivity index (χ0n) is 11.1. The van der Waals surface area contributed by atoms with E-state index in [0.717, 1.165) is 17.9 Å². The van der Waals surface area contributed by atoms with Crippen LogP contribution in [0.5, 0.6) is 0 Å². The van der Waals surface area contributed by atoms with Crippen LogP contribution in [0, 0.1) is 13.8 Å². The van der Waals surface area contributed by atoms with Gasteiger partial charge in [0, 0.05) is 6.20 Å². The van der Waals surface area contributed by atoms with E-state index in [1.807, 2.05) is 19.3 Å². The van der Waals surface area contributed by atoms with Crippen LogP contribution in [0.2, 0.25) is 0 Å². The fourth-order valence-corrected chi connectivity index (χ4v) is 2.00. The predicted molar refractivity (Wildman–Crippen MR) is 73.5 cm³/mol. The molecule has 2 rings (SSSR count). The van der Waals surface area contributed by atoms with Crippen molar-refractivity contribution in [3.8, 4) is 0 Å². The van der Waals surface area contributed by atoms with Gasteiger partial charge in [-0.1, -0.05) is 36.8 Å². The Balaban J connectivity index is 2.36. The largest absolute Gasteiger partial charge is 0.305 e. The normalized spacial score (nSPS) is 12.4. The second kappa shape index (κ2) is 5.74. The van der Waals surface area contributed by atoms with Crippen LogP contribution in [-0.4, -0.2) is 16.5 Å². The number of hydrogen-bond donors (Lipinski definition) is 1. The molecular formula is C15H19N3. The van der Waals surface area contributed by atoms with Crippen molar-refractivity contribution < 1.29 is 0 Å². The van der Waals surface area contributed by atoms with Crippen LogP contribution in [0.1, 0.15) is 35.5 Å². The van der Waals surface area contributed by atoms with Gasteiger partial charge < -0.3 is 5.32 Å². The summed E-state index contributed by atoms with van der Waals surface area (Å²) < 4.78 is 0. The van der Waals surface area contributed by atoms with E-state index in [0.29, 0.717) is 0 Å². The summed E-state index contributed by atoms with van der Waals surface area (Å²) in [5.74, 6) is 0. The molecule has 1 N–H and O–H groups in total. The molecule has 3 nitrogen and oxygen atoms in total. The fraction of sp³-hybridized carbons (Fsp3) is 0.333. The summed E-state index contributed by atoms with van der Waals surface area (Å²) in [6.45, 7) is 7.05. The third-order valence-corrected chi connectivity index (χ3v) is 2.88. The Morgan fingerprint density at radius 1 is 1.17 bits per heavy atom. The molecule has 2 aromatic rings. The molecule has 0 radical (unpaired) electrons. The second-order valence-corrected chi connectivity index (χ2v) is 4.49. The Morgan fingerprint density at radius 3 is 2.61 bits per heavy atom. The van der Waals surface area contributed by atoms with E-state index in [1.54, 1.807) is 0 Å². The number of nitrogens with one attached hydrogen (secondary N) is 1. The van der Waals surface area contributed by atoms with Crippen molar-refractivity contribution in [3.05, 3.63) is 59.2 Å². The molecule has 0 aliphatic rings. The van der Waals surface area contributed by atoms with E-state index >= 15 is 0 Å². The molecular weight excluding hydrogens is 222 g/mol. The van der Waals surface area contributed by atoms with Gasteiger partial charge in [0.15, 0.2) is 0 Å². The van der Waals surface area contributed by atoms with Gasteiger partial charge >= 0.3 is 0 Å². The topological polar surface area (TPSA) is 37.8 Å². The number of rotatable bonds is 4. The van der Waals surface area contributed by atoms with Gasteiger partial charge in [-0.25, -0.2) is 0 Å². The summed E-state index contributed by atoms with van der Waals surface area (Å²) >= 11 is 0. The smallest absolute Gasteiger partial charge is 0.0801 e. The highest BCUT2D eigenvalue weighted by molar-refractivity contribution is 5.30. The average molecular weight is 241 g/mol. The molecule has 0 amide bonds. The molecule has 0 aliphatic carbocycles. The molecule has 1 unspecified atom stereocenters. The summed E-state index contributed by atoms with van der Waals surface area (Å²) in [6.07, 6.45) is 3.67. The summed E-state index contributed by atoms with van der Waals surface area (Å²) in [5, 5.41) is 3.46. The minimum atomic E-state index is 0.114. The number of hydrogen-bond acceptors (Lipinski definition) is 3. The number of nitrogens with zero attached hydrogens (tertiary/aromatic N) is 2. The quantitative estimate of drug-likeness (QED) is 0.894. The maximum absolute atomic E-state index is 4.48. The first-order chi connectivity index (χ1) is 8.70. The number of aromatic nitrogens is 2. The van der Waals surface area contributed by atoms with Gasteiger partial charge in [-0.2, -0.15) is 0 Å². The van der Waals surface area contributed by atoms with Gasteiger partial charge in [0.2, 0.25) is 0 Å². The van der Waals surface area contributed by atoms with Gasteiger partial charge in [0.25, 0.3) is 0 Å². The first-order valence-electron chi connectivity index (χ1n) is 6.29. The van der Waals surface area contributed by atoms with E-state index < -0.39 is 0 Å². The first-order valence-corrected chi connectivity index (χ1v) is 6.29. The highest BCUT2D eigenvalue weighted by Gasteiger charge is 2.14. The number of benzene rings is 1. The third kappa shape index (κ3) is 2.93. The zero-order valence-corrected chi connectivity index (χ0v) is 11.1. The predicted octanol–water partition coefficient (Wildman–Crippen LogP) is 2.79. The third-order valence-electron chi connectivity index (χ3n) is 2.88. The van der Waals surface area contributed by atoms with Gasteiger partial charge in [0.1, 0.15) is 0 Å². The molecule has 0 saturated heterocycles. The highest BCUT2D eigenvalue weighted by atomic mass is 14.9. The lowest BCUT2D eigenvalue weighted by Gasteiger charge is -2.18. The summed E-state index contributed by atoms with van der Waals surface area (Å²) in [6, 6.07) is 8.61. The van der Waals surface area contributed by atoms with E-state index in [4.69, 9.17) is 0 Å². The molecule has 18 heavy (non-hydrogen) atoms. The Hall–Kier alpha value is -1.74. The molecule has 0 saturated carbocycles. The van der Waals surface area contributed by atoms with Crippen LogP contribution in [-0.2, 0) is 0 Å². The van der Waals surface area contributed by atoms with E-state index in [1.165, 1.54) is 11.1 Å². The van der Waals surface area contributed by atoms with Crippen LogP contribution in [0.3, 0.4) is 0 Å². The van der Waals surface area contributed by atoms with Gasteiger partial charge in [0.05, 0.1) is 23.6 Å². The maximum Gasteiger partial charge on any atom is 0.0801 e. The molecule has 0 spiro atoms. The Morgan fingerprint density at radius 2 is 2.00 bits per heavy atom. The van der Waals surface area contributed by atoms with Crippen LogP contribution in [0.15, 0.2) is 36.7 Å². The van der Waals surface area contributed by atoms with Crippen molar-refractivity contribution in [3.63, 3.8) is 0 Å². The zero-order chi connectivity index (χ0) is 13.0. The first kappa shape index (κ1) is 12.7. The van der Waals surface area contributed by atoms with E-state index in [2.05, 4.69) is 53.4 Å². The lowest BCUT2D eigenvalue weighted by Crippen LogP contribution is -2.23. The maximum atomic E-state index is 4.48. The minimum Gasteiger partial charge on any atom is -0.305 e. The van der Waals surface area contributed by atoms with Gasteiger partial charge in [-0.15, -0.1) is 0 Å². The SMILES string of the molecule is CCNC(c1cccc(C)c1)c1cnc(C)cn1. The van der Waals surface area contributed by atoms with Crippen molar-refractivity contribution in [2.24, 2.45) is 0 Å². The van der Waals surface area contributed by atoms with Crippen molar-refractivity contribution >= 4 is 0 Å². The van der Waals surface area contributed by atoms with Gasteiger partial charge in [-0.3, -0.25) is 9.97 Å². The van der Waals surface area contributed by atoms with Crippen molar-refractivity contribution in [2.45, 2.75) is 26.8 Å². The standard InChI is InChI=1S/C15H19N3/c1-4-16-15(13-7-5-6-11(2)8-13)14-10-17-12(3)9-18-14/h5-10,15-16H,4H2,1-3H3. The highest BCUT2D eigenvalue weighted by Crippen LogP contribution is 2.20. The Kier molecular flexibility index (Phi) is 4.05. The van der Waals surface area contributed by atoms with Crippen LogP contribution < -0.4 is 5.32 Å². The second-order valence-electron chi connectivity index (χ2n) is 4.49. The molecule has 1 aromatic heterocycles. The molecule has 94 valence electrons. The average Bonchev–Trinajstić information content (AvgIpc) is 2.37. The van der Waals surface area contributed by atoms with Crippen LogP contribution in [0.4, 0.5) is 0 Å². The monoisotopic (exact) mass is 241 g/mol. The van der Waals surface area contributed by atoms with E-state index in [9.17, 15) is 0 Å². The van der Waals surface area contributed by atoms with Gasteiger partial charge in [-0.05, 0) is 26.0 Å². The van der Waals surface area contributed by atoms with E-state index in [-0.39, 0.29) is 6.04 Å². The summed E-state index contributed by atoms with van der Waals surface area (Å²) in [4.78, 5) is 8.81. The van der Waals surface area contributed by atoms with Crippen LogP contribution in [0.25, 0.3) is 0 Å². The Labute approximate surface area is 108 Å². The number of aryl methyl sites for hydroxylation is 2. The van der Waals surface area contributed by atoms with Crippen molar-refractivity contribution in [2.75, 3.05) is 6.54 Å². The fourth-order valence-electron chi connectivity index (χ4n) is 2.00. The molecule has 1 atom stereocenters. The van der Waals surface area contributed by atoms with Crippen molar-refractivity contribution in [1.82, 2.24) is 15.3 Å². The lowest BCUT2D eigenvalue weighted by atomic mass is 10.0. The minimum absolute atomic E-state index is 0.114. The van der Waals surface area contributed by atoms with Crippen molar-refractivity contribution in [1.29, 1.82) is 0 Å². The molecule has 0 fully saturated rings. The molecule has 0 bridgehead atoms.